The molecule has 0 amide bonds. The van der Waals surface area contributed by atoms with Crippen LogP contribution >= 0.6 is 0 Å². The number of aryl methyl sites for hydroxylation is 2. The molecule has 0 aliphatic carbocycles. The molecule has 1 aromatic rings. The highest BCUT2D eigenvalue weighted by Crippen LogP contribution is 2.20. The van der Waals surface area contributed by atoms with E-state index in [0.29, 0.717) is 0 Å². The highest BCUT2D eigenvalue weighted by Gasteiger charge is 2.17. The lowest BCUT2D eigenvalue weighted by Crippen LogP contribution is -2.15. The molecule has 0 N–H and O–H groups in total. The zero-order chi connectivity index (χ0) is 9.97. The van der Waals surface area contributed by atoms with Crippen LogP contribution in [0.25, 0.3) is 0 Å². The molecular formula is C12H16O2. The second-order valence-corrected chi connectivity index (χ2v) is 3.93. The van der Waals surface area contributed by atoms with Crippen LogP contribution in [0.5, 0.6) is 5.75 Å². The minimum atomic E-state index is 0.246. The molecular weight excluding hydrogens is 176 g/mol. The molecule has 0 spiro atoms. The molecule has 76 valence electrons. The second kappa shape index (κ2) is 4.01. The SMILES string of the molecule is Cc1cc(C)cc(O[C@@H]2CCOC2)c1. The molecule has 1 aliphatic heterocycles. The van der Waals surface area contributed by atoms with Gasteiger partial charge in [0.05, 0.1) is 13.2 Å². The van der Waals surface area contributed by atoms with E-state index in [1.165, 1.54) is 11.1 Å². The van der Waals surface area contributed by atoms with Crippen molar-refractivity contribution in [1.82, 2.24) is 0 Å². The Labute approximate surface area is 84.8 Å². The predicted molar refractivity (Wildman–Crippen MR) is 55.8 cm³/mol. The Bertz CT molecular complexity index is 294. The molecule has 2 rings (SSSR count). The molecule has 14 heavy (non-hydrogen) atoms. The topological polar surface area (TPSA) is 18.5 Å². The summed E-state index contributed by atoms with van der Waals surface area (Å²) in [6.45, 7) is 5.73. The number of rotatable bonds is 2. The summed E-state index contributed by atoms with van der Waals surface area (Å²) in [7, 11) is 0. The maximum Gasteiger partial charge on any atom is 0.124 e. The Morgan fingerprint density at radius 3 is 2.50 bits per heavy atom. The lowest BCUT2D eigenvalue weighted by atomic mass is 10.1. The molecule has 0 aromatic heterocycles. The summed E-state index contributed by atoms with van der Waals surface area (Å²) in [6.07, 6.45) is 1.25. The minimum absolute atomic E-state index is 0.246. The normalized spacial score (nSPS) is 21.1. The smallest absolute Gasteiger partial charge is 0.124 e. The van der Waals surface area contributed by atoms with Crippen molar-refractivity contribution in [1.29, 1.82) is 0 Å². The third-order valence-corrected chi connectivity index (χ3v) is 2.39. The number of benzene rings is 1. The molecule has 1 fully saturated rings. The molecule has 1 heterocycles. The first-order valence-corrected chi connectivity index (χ1v) is 5.07. The zero-order valence-electron chi connectivity index (χ0n) is 8.75. The fourth-order valence-corrected chi connectivity index (χ4v) is 1.80. The fourth-order valence-electron chi connectivity index (χ4n) is 1.80. The average Bonchev–Trinajstić information content (AvgIpc) is 2.54. The van der Waals surface area contributed by atoms with Crippen LogP contribution in [0.2, 0.25) is 0 Å². The first-order valence-electron chi connectivity index (χ1n) is 5.07. The van der Waals surface area contributed by atoms with Crippen LogP contribution < -0.4 is 4.74 Å². The summed E-state index contributed by atoms with van der Waals surface area (Å²) >= 11 is 0. The summed E-state index contributed by atoms with van der Waals surface area (Å²) in [6, 6.07) is 6.30. The van der Waals surface area contributed by atoms with Crippen LogP contribution in [0.4, 0.5) is 0 Å². The van der Waals surface area contributed by atoms with Gasteiger partial charge in [0.25, 0.3) is 0 Å². The molecule has 2 heteroatoms. The van der Waals surface area contributed by atoms with Crippen molar-refractivity contribution in [3.63, 3.8) is 0 Å². The van der Waals surface area contributed by atoms with Gasteiger partial charge in [0, 0.05) is 6.42 Å². The summed E-state index contributed by atoms with van der Waals surface area (Å²) < 4.78 is 11.1. The van der Waals surface area contributed by atoms with Gasteiger partial charge in [-0.25, -0.2) is 0 Å². The molecule has 1 aromatic carbocycles. The van der Waals surface area contributed by atoms with Gasteiger partial charge in [-0.3, -0.25) is 0 Å². The third-order valence-electron chi connectivity index (χ3n) is 2.39. The van der Waals surface area contributed by atoms with Gasteiger partial charge in [0.2, 0.25) is 0 Å². The van der Waals surface area contributed by atoms with Gasteiger partial charge < -0.3 is 9.47 Å². The summed E-state index contributed by atoms with van der Waals surface area (Å²) in [5, 5.41) is 0. The van der Waals surface area contributed by atoms with Gasteiger partial charge in [-0.1, -0.05) is 6.07 Å². The van der Waals surface area contributed by atoms with E-state index < -0.39 is 0 Å². The lowest BCUT2D eigenvalue weighted by Gasteiger charge is -2.12. The van der Waals surface area contributed by atoms with Crippen molar-refractivity contribution in [2.24, 2.45) is 0 Å². The van der Waals surface area contributed by atoms with Gasteiger partial charge >= 0.3 is 0 Å². The maximum atomic E-state index is 5.81. The van der Waals surface area contributed by atoms with Crippen molar-refractivity contribution >= 4 is 0 Å². The molecule has 0 bridgehead atoms. The third kappa shape index (κ3) is 2.26. The number of hydrogen-bond donors (Lipinski definition) is 0. The van der Waals surface area contributed by atoms with Crippen LogP contribution in [0.15, 0.2) is 18.2 Å². The second-order valence-electron chi connectivity index (χ2n) is 3.93. The molecule has 2 nitrogen and oxygen atoms in total. The lowest BCUT2D eigenvalue weighted by molar-refractivity contribution is 0.141. The average molecular weight is 192 g/mol. The van der Waals surface area contributed by atoms with Gasteiger partial charge in [-0.15, -0.1) is 0 Å². The highest BCUT2D eigenvalue weighted by molar-refractivity contribution is 5.33. The van der Waals surface area contributed by atoms with Crippen LogP contribution in [-0.4, -0.2) is 19.3 Å². The Morgan fingerprint density at radius 2 is 1.93 bits per heavy atom. The quantitative estimate of drug-likeness (QED) is 0.716. The molecule has 1 aliphatic rings. The van der Waals surface area contributed by atoms with E-state index in [9.17, 15) is 0 Å². The number of ether oxygens (including phenoxy) is 2. The summed E-state index contributed by atoms with van der Waals surface area (Å²) in [5.41, 5.74) is 2.50. The summed E-state index contributed by atoms with van der Waals surface area (Å²) in [5.74, 6) is 0.970. The predicted octanol–water partition coefficient (Wildman–Crippen LogP) is 2.47. The minimum Gasteiger partial charge on any atom is -0.488 e. The Balaban J connectivity index is 2.07. The largest absolute Gasteiger partial charge is 0.488 e. The van der Waals surface area contributed by atoms with Crippen molar-refractivity contribution in [2.75, 3.05) is 13.2 Å². The highest BCUT2D eigenvalue weighted by atomic mass is 16.5. The monoisotopic (exact) mass is 192 g/mol. The standard InChI is InChI=1S/C12H16O2/c1-9-5-10(2)7-12(6-9)14-11-3-4-13-8-11/h5-7,11H,3-4,8H2,1-2H3/t11-/m1/s1. The van der Waals surface area contributed by atoms with Crippen LogP contribution in [0.1, 0.15) is 17.5 Å². The van der Waals surface area contributed by atoms with E-state index in [4.69, 9.17) is 9.47 Å². The Morgan fingerprint density at radius 1 is 1.21 bits per heavy atom. The van der Waals surface area contributed by atoms with E-state index in [2.05, 4.69) is 32.0 Å². The van der Waals surface area contributed by atoms with Gasteiger partial charge in [0.1, 0.15) is 11.9 Å². The van der Waals surface area contributed by atoms with Crippen molar-refractivity contribution in [2.45, 2.75) is 26.4 Å². The van der Waals surface area contributed by atoms with Gasteiger partial charge in [-0.05, 0) is 37.1 Å². The van der Waals surface area contributed by atoms with E-state index in [1.807, 2.05) is 0 Å². The van der Waals surface area contributed by atoms with Crippen molar-refractivity contribution in [3.05, 3.63) is 29.3 Å². The first-order chi connectivity index (χ1) is 6.74. The van der Waals surface area contributed by atoms with E-state index in [1.54, 1.807) is 0 Å². The number of hydrogen-bond acceptors (Lipinski definition) is 2. The van der Waals surface area contributed by atoms with Crippen molar-refractivity contribution in [3.8, 4) is 5.75 Å². The van der Waals surface area contributed by atoms with Crippen LogP contribution in [-0.2, 0) is 4.74 Å². The van der Waals surface area contributed by atoms with E-state index in [0.717, 1.165) is 25.4 Å². The van der Waals surface area contributed by atoms with Crippen LogP contribution in [0.3, 0.4) is 0 Å². The van der Waals surface area contributed by atoms with Crippen molar-refractivity contribution < 1.29 is 9.47 Å². The molecule has 0 saturated carbocycles. The van der Waals surface area contributed by atoms with Gasteiger partial charge in [0.15, 0.2) is 0 Å². The van der Waals surface area contributed by atoms with Crippen LogP contribution in [0, 0.1) is 13.8 Å². The molecule has 1 saturated heterocycles. The van der Waals surface area contributed by atoms with E-state index in [-0.39, 0.29) is 6.10 Å². The molecule has 0 radical (unpaired) electrons. The zero-order valence-corrected chi connectivity index (χ0v) is 8.75. The molecule has 0 unspecified atom stereocenters. The maximum absolute atomic E-state index is 5.81. The summed E-state index contributed by atoms with van der Waals surface area (Å²) in [4.78, 5) is 0. The van der Waals surface area contributed by atoms with E-state index >= 15 is 0 Å². The first kappa shape index (κ1) is 9.53. The Kier molecular flexibility index (Phi) is 2.73. The van der Waals surface area contributed by atoms with Gasteiger partial charge in [-0.2, -0.15) is 0 Å². The Hall–Kier alpha value is -1.02. The molecule has 1 atom stereocenters. The fraction of sp³-hybridized carbons (Fsp3) is 0.500.